The molecule has 0 aromatic rings. The molecule has 2 rings (SSSR count). The number of piperidine rings is 1. The summed E-state index contributed by atoms with van der Waals surface area (Å²) in [5.41, 5.74) is 0. The van der Waals surface area contributed by atoms with Crippen LogP contribution in [0.25, 0.3) is 0 Å². The van der Waals surface area contributed by atoms with Crippen LogP contribution < -0.4 is 0 Å². The summed E-state index contributed by atoms with van der Waals surface area (Å²) in [5.74, 6) is 0.473. The number of carbonyl (C=O) groups excluding carboxylic acids is 2. The van der Waals surface area contributed by atoms with Crippen molar-refractivity contribution >= 4 is 18.1 Å². The second kappa shape index (κ2) is 7.14. The van der Waals surface area contributed by atoms with Gasteiger partial charge in [-0.05, 0) is 33.1 Å². The quantitative estimate of drug-likeness (QED) is 0.774. The first kappa shape index (κ1) is 15.4. The molecule has 0 bridgehead atoms. The van der Waals surface area contributed by atoms with E-state index in [1.165, 1.54) is 16.4 Å². The molecule has 0 aliphatic carbocycles. The van der Waals surface area contributed by atoms with Crippen molar-refractivity contribution in [3.63, 3.8) is 0 Å². The summed E-state index contributed by atoms with van der Waals surface area (Å²) < 4.78 is 10.0. The van der Waals surface area contributed by atoms with Crippen LogP contribution in [-0.4, -0.2) is 66.0 Å². The molecule has 2 aliphatic rings. The molecule has 2 heterocycles. The van der Waals surface area contributed by atoms with Crippen LogP contribution in [-0.2, 0) is 9.47 Å². The molecule has 0 spiro atoms. The molecule has 0 atom stereocenters. The lowest BCUT2D eigenvalue weighted by Crippen LogP contribution is -2.54. The maximum atomic E-state index is 12.2. The molecule has 0 N–H and O–H groups in total. The summed E-state index contributed by atoms with van der Waals surface area (Å²) in [7, 11) is 0. The van der Waals surface area contributed by atoms with Gasteiger partial charge in [0.05, 0.1) is 13.2 Å². The van der Waals surface area contributed by atoms with E-state index >= 15 is 0 Å². The number of nitrogens with zero attached hydrogens (tertiary/aromatic N) is 4. The van der Waals surface area contributed by atoms with Crippen LogP contribution in [0.1, 0.15) is 33.1 Å². The molecule has 0 radical (unpaired) electrons. The van der Waals surface area contributed by atoms with Crippen molar-refractivity contribution in [1.82, 2.24) is 14.9 Å². The Bertz CT molecular complexity index is 420. The third-order valence-corrected chi connectivity index (χ3v) is 3.34. The van der Waals surface area contributed by atoms with Gasteiger partial charge in [0, 0.05) is 13.1 Å². The minimum absolute atomic E-state index is 0.0729. The number of ether oxygens (including phenoxy) is 2. The van der Waals surface area contributed by atoms with Gasteiger partial charge in [0.25, 0.3) is 0 Å². The highest BCUT2D eigenvalue weighted by molar-refractivity contribution is 5.97. The third kappa shape index (κ3) is 3.37. The van der Waals surface area contributed by atoms with Crippen LogP contribution in [0.5, 0.6) is 0 Å². The molecule has 21 heavy (non-hydrogen) atoms. The highest BCUT2D eigenvalue weighted by Crippen LogP contribution is 2.19. The lowest BCUT2D eigenvalue weighted by atomic mass is 10.1. The van der Waals surface area contributed by atoms with Crippen molar-refractivity contribution in [2.24, 2.45) is 4.99 Å². The minimum atomic E-state index is -0.604. The van der Waals surface area contributed by atoms with E-state index in [9.17, 15) is 9.59 Å². The Morgan fingerprint density at radius 2 is 1.67 bits per heavy atom. The number of amides is 2. The maximum absolute atomic E-state index is 12.2. The van der Waals surface area contributed by atoms with Gasteiger partial charge in [0.15, 0.2) is 0 Å². The molecule has 0 aromatic carbocycles. The second-order valence-electron chi connectivity index (χ2n) is 4.76. The highest BCUT2D eigenvalue weighted by atomic mass is 16.6. The molecule has 2 amide bonds. The Morgan fingerprint density at radius 3 is 2.29 bits per heavy atom. The number of carbonyl (C=O) groups is 2. The molecule has 8 nitrogen and oxygen atoms in total. The minimum Gasteiger partial charge on any atom is -0.448 e. The molecular formula is C13H22N4O4. The van der Waals surface area contributed by atoms with Gasteiger partial charge in [-0.2, -0.15) is 5.01 Å². The van der Waals surface area contributed by atoms with Gasteiger partial charge in [-0.3, -0.25) is 0 Å². The van der Waals surface area contributed by atoms with Crippen LogP contribution in [0.15, 0.2) is 4.99 Å². The average Bonchev–Trinajstić information content (AvgIpc) is 2.93. The first-order valence-corrected chi connectivity index (χ1v) is 7.39. The predicted molar refractivity (Wildman–Crippen MR) is 75.4 cm³/mol. The Labute approximate surface area is 124 Å². The van der Waals surface area contributed by atoms with Gasteiger partial charge in [0.2, 0.25) is 5.96 Å². The number of guanidine groups is 1. The van der Waals surface area contributed by atoms with Gasteiger partial charge in [-0.25, -0.2) is 14.6 Å². The molecule has 0 aromatic heterocycles. The summed E-state index contributed by atoms with van der Waals surface area (Å²) in [6.07, 6.45) is 2.07. The van der Waals surface area contributed by atoms with Crippen LogP contribution in [0.4, 0.5) is 9.59 Å². The van der Waals surface area contributed by atoms with E-state index in [2.05, 4.69) is 4.99 Å². The zero-order chi connectivity index (χ0) is 15.2. The summed E-state index contributed by atoms with van der Waals surface area (Å²) >= 11 is 0. The average molecular weight is 298 g/mol. The number of rotatable bonds is 2. The number of aliphatic imine (C=N–C) groups is 1. The number of likely N-dealkylation sites (tertiary alicyclic amines) is 1. The van der Waals surface area contributed by atoms with Crippen LogP contribution in [0.2, 0.25) is 0 Å². The van der Waals surface area contributed by atoms with E-state index in [-0.39, 0.29) is 19.9 Å². The zero-order valence-corrected chi connectivity index (χ0v) is 12.6. The molecule has 8 heteroatoms. The molecule has 0 saturated carbocycles. The lowest BCUT2D eigenvalue weighted by molar-refractivity contribution is 0.0236. The highest BCUT2D eigenvalue weighted by Gasteiger charge is 2.39. The monoisotopic (exact) mass is 298 g/mol. The smallest absolute Gasteiger partial charge is 0.436 e. The summed E-state index contributed by atoms with van der Waals surface area (Å²) in [6, 6.07) is 0. The van der Waals surface area contributed by atoms with E-state index in [0.29, 0.717) is 5.96 Å². The third-order valence-electron chi connectivity index (χ3n) is 3.34. The number of hydrazine groups is 1. The number of hydrogen-bond acceptors (Lipinski definition) is 6. The van der Waals surface area contributed by atoms with Crippen molar-refractivity contribution < 1.29 is 19.1 Å². The fraction of sp³-hybridized carbons (Fsp3) is 0.769. The molecule has 2 aliphatic heterocycles. The van der Waals surface area contributed by atoms with Gasteiger partial charge in [-0.15, -0.1) is 5.01 Å². The normalized spacial score (nSPS) is 18.6. The van der Waals surface area contributed by atoms with E-state index in [1.54, 1.807) is 13.8 Å². The van der Waals surface area contributed by atoms with Gasteiger partial charge in [0.1, 0.15) is 6.67 Å². The van der Waals surface area contributed by atoms with E-state index in [0.717, 1.165) is 25.9 Å². The van der Waals surface area contributed by atoms with E-state index in [4.69, 9.17) is 9.47 Å². The Kier molecular flexibility index (Phi) is 5.24. The van der Waals surface area contributed by atoms with Crippen LogP contribution >= 0.6 is 0 Å². The predicted octanol–water partition coefficient (Wildman–Crippen LogP) is 1.63. The topological polar surface area (TPSA) is 74.7 Å². The lowest BCUT2D eigenvalue weighted by Gasteiger charge is -2.34. The molecule has 1 saturated heterocycles. The largest absolute Gasteiger partial charge is 0.448 e. The van der Waals surface area contributed by atoms with Crippen molar-refractivity contribution in [3.05, 3.63) is 0 Å². The van der Waals surface area contributed by atoms with E-state index < -0.39 is 12.2 Å². The molecular weight excluding hydrogens is 276 g/mol. The second-order valence-corrected chi connectivity index (χ2v) is 4.76. The maximum Gasteiger partial charge on any atom is 0.436 e. The van der Waals surface area contributed by atoms with Gasteiger partial charge < -0.3 is 14.4 Å². The first-order chi connectivity index (χ1) is 10.2. The van der Waals surface area contributed by atoms with Crippen LogP contribution in [0.3, 0.4) is 0 Å². The molecule has 1 fully saturated rings. The molecule has 0 unspecified atom stereocenters. The first-order valence-electron chi connectivity index (χ1n) is 7.39. The SMILES string of the molecule is CCOC(=O)N1CN=C(N2CCCCC2)N1C(=O)OCC. The van der Waals surface area contributed by atoms with Crippen molar-refractivity contribution in [2.75, 3.05) is 33.0 Å². The molecule has 118 valence electrons. The summed E-state index contributed by atoms with van der Waals surface area (Å²) in [4.78, 5) is 30.5. The summed E-state index contributed by atoms with van der Waals surface area (Å²) in [5, 5.41) is 2.36. The number of hydrogen-bond donors (Lipinski definition) is 0. The van der Waals surface area contributed by atoms with Crippen molar-refractivity contribution in [3.8, 4) is 0 Å². The fourth-order valence-corrected chi connectivity index (χ4v) is 2.40. The standard InChI is InChI=1S/C13H22N4O4/c1-3-20-12(18)16-10-14-11(15-8-6-5-7-9-15)17(16)13(19)21-4-2/h3-10H2,1-2H3. The fourth-order valence-electron chi connectivity index (χ4n) is 2.40. The Balaban J connectivity index is 2.15. The Morgan fingerprint density at radius 1 is 1.05 bits per heavy atom. The summed E-state index contributed by atoms with van der Waals surface area (Å²) in [6.45, 7) is 5.64. The Hall–Kier alpha value is -1.99. The zero-order valence-electron chi connectivity index (χ0n) is 12.6. The van der Waals surface area contributed by atoms with Crippen LogP contribution in [0, 0.1) is 0 Å². The van der Waals surface area contributed by atoms with E-state index in [1.807, 2.05) is 4.90 Å². The van der Waals surface area contributed by atoms with Gasteiger partial charge in [-0.1, -0.05) is 0 Å². The van der Waals surface area contributed by atoms with Gasteiger partial charge >= 0.3 is 12.2 Å². The van der Waals surface area contributed by atoms with Crippen molar-refractivity contribution in [2.45, 2.75) is 33.1 Å². The van der Waals surface area contributed by atoms with Crippen molar-refractivity contribution in [1.29, 1.82) is 0 Å².